The van der Waals surface area contributed by atoms with E-state index in [1.807, 2.05) is 97.1 Å². The minimum atomic E-state index is -4.11. The average Bonchev–Trinajstić information content (AvgIpc) is 1.61. The van der Waals surface area contributed by atoms with Gasteiger partial charge in [-0.05, 0) is 224 Å². The van der Waals surface area contributed by atoms with Crippen LogP contribution in [-0.4, -0.2) is 210 Å². The summed E-state index contributed by atoms with van der Waals surface area (Å²) in [4.78, 5) is 114. The number of guanidine groups is 2. The number of Topliss-reactive ketones (excluding diaryl/α,β-unsaturated/α-hetero) is 3. The van der Waals surface area contributed by atoms with Gasteiger partial charge >= 0.3 is 30.3 Å². The molecule has 2 heterocycles. The molecule has 6 aromatic rings. The number of benzene rings is 6. The molecule has 2 fully saturated rings. The topological polar surface area (TPSA) is 478 Å². The van der Waals surface area contributed by atoms with Crippen molar-refractivity contribution in [1.82, 2.24) is 29.9 Å². The van der Waals surface area contributed by atoms with Crippen molar-refractivity contribution in [1.29, 1.82) is 0 Å². The first-order chi connectivity index (χ1) is 56.9. The van der Waals surface area contributed by atoms with Crippen molar-refractivity contribution in [2.75, 3.05) is 79.9 Å². The summed E-state index contributed by atoms with van der Waals surface area (Å²) < 4.78 is 89.5. The van der Waals surface area contributed by atoms with Crippen LogP contribution in [0.2, 0.25) is 0 Å². The average molecular weight is 1720 g/mol. The Bertz CT molecular complexity index is 5010. The highest BCUT2D eigenvalue weighted by molar-refractivity contribution is 7.90. The van der Waals surface area contributed by atoms with E-state index in [0.29, 0.717) is 52.2 Å². The first-order valence-corrected chi connectivity index (χ1v) is 42.9. The number of nitrogens with one attached hydrogen (secondary N) is 4. The Morgan fingerprint density at radius 3 is 1.20 bits per heavy atom. The molecule has 0 saturated carbocycles. The molecule has 0 unspecified atom stereocenters. The molecule has 6 aromatic carbocycles. The Morgan fingerprint density at radius 1 is 0.521 bits per heavy atom. The number of alkyl carbamates (subject to hydrolysis) is 2. The number of carboxylic acid groups (broad SMARTS) is 1. The van der Waals surface area contributed by atoms with Gasteiger partial charge in [0.15, 0.2) is 17.3 Å². The number of sulfonamides is 2. The van der Waals surface area contributed by atoms with Gasteiger partial charge in [0.2, 0.25) is 11.9 Å². The maximum absolute atomic E-state index is 14.4. The molecule has 2 saturated heterocycles. The van der Waals surface area contributed by atoms with Crippen LogP contribution in [0.3, 0.4) is 0 Å². The molecule has 4 amide bonds. The van der Waals surface area contributed by atoms with Crippen molar-refractivity contribution in [2.45, 2.75) is 191 Å². The fraction of sp³-hybridized carbons (Fsp3) is 0.471. The fourth-order valence-electron chi connectivity index (χ4n) is 15.3. The molecule has 656 valence electrons. The van der Waals surface area contributed by atoms with Crippen LogP contribution < -0.4 is 46.8 Å². The number of fused-ring (bicyclic) bond motifs is 6. The number of ether oxygens (including phenoxy) is 6. The van der Waals surface area contributed by atoms with Crippen molar-refractivity contribution in [3.63, 3.8) is 0 Å². The zero-order valence-electron chi connectivity index (χ0n) is 71.2. The number of aryl methyl sites for hydroxylation is 2. The van der Waals surface area contributed by atoms with E-state index in [0.717, 1.165) is 50.1 Å². The molecule has 2 aliphatic carbocycles. The molecule has 13 N–H and O–H groups in total. The lowest BCUT2D eigenvalue weighted by Crippen LogP contribution is -2.61. The Morgan fingerprint density at radius 2 is 0.860 bits per heavy atom. The number of piperidine rings is 2. The predicted molar refractivity (Wildman–Crippen MR) is 455 cm³/mol. The van der Waals surface area contributed by atoms with E-state index in [4.69, 9.17) is 50.7 Å². The summed E-state index contributed by atoms with van der Waals surface area (Å²) in [5, 5.41) is 33.9. The molecule has 32 nitrogen and oxygen atoms in total. The second kappa shape index (κ2) is 40.9. The Labute approximate surface area is 707 Å². The summed E-state index contributed by atoms with van der Waals surface area (Å²) in [5.41, 5.74) is 24.9. The number of carboxylic acids is 1. The maximum Gasteiger partial charge on any atom is 0.410 e. The predicted octanol–water partition coefficient (Wildman–Crippen LogP) is 9.70. The van der Waals surface area contributed by atoms with Gasteiger partial charge in [-0.15, -0.1) is 0 Å². The number of ketones is 3. The third-order valence-electron chi connectivity index (χ3n) is 21.8. The number of amides is 4. The summed E-state index contributed by atoms with van der Waals surface area (Å²) in [6.07, 6.45) is -1.72. The number of hydrogen-bond donors (Lipinski definition) is 10. The van der Waals surface area contributed by atoms with Crippen LogP contribution in [0.25, 0.3) is 22.3 Å². The molecule has 0 spiro atoms. The number of rotatable bonds is 28. The van der Waals surface area contributed by atoms with Gasteiger partial charge in [0.05, 0.1) is 30.1 Å². The first-order valence-electron chi connectivity index (χ1n) is 39.9. The monoisotopic (exact) mass is 1710 g/mol. The Hall–Kier alpha value is -11.2. The molecule has 0 aromatic heterocycles. The molecular weight excluding hydrogens is 1600 g/mol. The van der Waals surface area contributed by atoms with Gasteiger partial charge in [0.1, 0.15) is 60.2 Å². The molecule has 0 bridgehead atoms. The molecule has 2 atom stereocenters. The van der Waals surface area contributed by atoms with Gasteiger partial charge < -0.3 is 81.4 Å². The van der Waals surface area contributed by atoms with Crippen LogP contribution in [0.15, 0.2) is 129 Å². The molecule has 121 heavy (non-hydrogen) atoms. The SMILES string of the molecule is CC(C)(C)OC(=O)N1CCC(NC(=O)OCC2c3ccccc3-c3ccccc32)(C(=O)O)CC1.COc1cc(C)c(S(=O)(=O)NC(N)=NCCC[C@H](CC(=O)C2(NC(=O)OCC3c4ccccc4-c4ccccc43)CCN(C(=O)OC(C)(C)C)CC2)C(=O)CO)c(C)c1C.COc1cc(C)c(S(=O)(=O)NC(N)=NCCC[C@H](N)C(=O)CO)c(C)c1C. The largest absolute Gasteiger partial charge is 0.496 e. The maximum atomic E-state index is 14.4. The standard InChI is InChI=1S/C44H57N5O10S.C26H30N2O6.C17H28N4O5S/c1-27-23-37(57-7)28(2)29(3)39(27)60(55,56)48-40(45)46-20-12-13-30(36(51)25-50)24-38(52)44(18-21-49(22-19-44)42(54)59-43(4,5)6)47-41(53)58-26-35-33-16-10-8-14-31(33)32-15-9-11-17-34(32)35;1-25(2,3)34-24(32)28-14-12-26(13-15-28,22(29)30)27-23(31)33-16-21-19-10-6-4-8-17(19)18-9-5-7-11-20(18)21;1-10-8-15(26-4)11(2)12(3)16(10)27(24,25)21-17(19)20-7-5-6-13(18)14(23)9-22/h8-11,14-17,23,30,35,50H,12-13,18-22,24-26H2,1-7H3,(H,47,53)(H3,45,46,48);4-11,21H,12-16H2,1-3H3,(H,27,31)(H,29,30);8,13,22H,5-7,9,18H2,1-4H3,(H3,19,20,21)/t30-;;13-/m1.0/s1. The van der Waals surface area contributed by atoms with Crippen molar-refractivity contribution in [3.05, 3.63) is 165 Å². The summed E-state index contributed by atoms with van der Waals surface area (Å²) in [6, 6.07) is 34.4. The molecule has 10 rings (SSSR count). The highest BCUT2D eigenvalue weighted by atomic mass is 32.2. The molecule has 2 aliphatic heterocycles. The number of carbonyl (C=O) groups excluding carboxylic acids is 7. The highest BCUT2D eigenvalue weighted by Gasteiger charge is 2.48. The molecule has 4 aliphatic rings. The van der Waals surface area contributed by atoms with Crippen molar-refractivity contribution in [3.8, 4) is 33.8 Å². The zero-order chi connectivity index (χ0) is 89.3. The Kier molecular flexibility index (Phi) is 32.2. The number of nitrogens with zero attached hydrogens (tertiary/aromatic N) is 4. The van der Waals surface area contributed by atoms with Gasteiger partial charge in [0, 0.05) is 63.4 Å². The van der Waals surface area contributed by atoms with Crippen LogP contribution in [0.5, 0.6) is 11.5 Å². The number of aliphatic hydroxyl groups is 2. The second-order valence-electron chi connectivity index (χ2n) is 32.5. The van der Waals surface area contributed by atoms with E-state index in [2.05, 4.69) is 30.1 Å². The molecular formula is C87H115N11O21S2. The highest BCUT2D eigenvalue weighted by Crippen LogP contribution is 2.47. The van der Waals surface area contributed by atoms with E-state index in [-0.39, 0.29) is 131 Å². The van der Waals surface area contributed by atoms with Gasteiger partial charge in [-0.25, -0.2) is 50.3 Å². The lowest BCUT2D eigenvalue weighted by molar-refractivity contribution is -0.147. The van der Waals surface area contributed by atoms with Crippen LogP contribution in [0.1, 0.15) is 167 Å². The summed E-state index contributed by atoms with van der Waals surface area (Å²) in [6.45, 7) is 20.2. The van der Waals surface area contributed by atoms with Gasteiger partial charge in [0.25, 0.3) is 20.0 Å². The quantitative estimate of drug-likeness (QED) is 0.00945. The van der Waals surface area contributed by atoms with E-state index in [1.165, 1.54) is 24.0 Å². The van der Waals surface area contributed by atoms with Crippen LogP contribution >= 0.6 is 0 Å². The third-order valence-corrected chi connectivity index (χ3v) is 25.1. The third kappa shape index (κ3) is 24.1. The number of nitrogens with two attached hydrogens (primary N) is 3. The normalized spacial score (nSPS) is 15.5. The lowest BCUT2D eigenvalue weighted by atomic mass is 9.78. The van der Waals surface area contributed by atoms with E-state index >= 15 is 0 Å². The number of aliphatic carboxylic acids is 1. The van der Waals surface area contributed by atoms with Gasteiger partial charge in [-0.3, -0.25) is 24.4 Å². The molecule has 0 radical (unpaired) electrons. The van der Waals surface area contributed by atoms with Crippen LogP contribution in [-0.2, 0) is 58.2 Å². The number of likely N-dealkylation sites (tertiary alicyclic amines) is 2. The van der Waals surface area contributed by atoms with Gasteiger partial charge in [-0.1, -0.05) is 97.1 Å². The smallest absolute Gasteiger partial charge is 0.410 e. The fourth-order valence-corrected chi connectivity index (χ4v) is 18.3. The summed E-state index contributed by atoms with van der Waals surface area (Å²) >= 11 is 0. The minimum Gasteiger partial charge on any atom is -0.496 e. The van der Waals surface area contributed by atoms with Crippen LogP contribution in [0, 0.1) is 47.5 Å². The van der Waals surface area contributed by atoms with E-state index in [9.17, 15) is 65.4 Å². The second-order valence-corrected chi connectivity index (χ2v) is 35.7. The van der Waals surface area contributed by atoms with Crippen LogP contribution in [0.4, 0.5) is 19.2 Å². The van der Waals surface area contributed by atoms with Gasteiger partial charge in [-0.2, -0.15) is 0 Å². The van der Waals surface area contributed by atoms with Crippen molar-refractivity contribution in [2.24, 2.45) is 33.1 Å². The molecule has 34 heteroatoms. The zero-order valence-corrected chi connectivity index (χ0v) is 72.8. The lowest BCUT2D eigenvalue weighted by Gasteiger charge is -2.41. The van der Waals surface area contributed by atoms with Crippen molar-refractivity contribution < 1.29 is 98.9 Å². The minimum absolute atomic E-state index is 0.00531. The number of aliphatic imine (C=N–C) groups is 2. The van der Waals surface area contributed by atoms with E-state index in [1.54, 1.807) is 95.2 Å². The number of aliphatic hydroxyl groups excluding tert-OH is 2. The number of carbonyl (C=O) groups is 8. The Balaban J connectivity index is 0.000000251. The summed E-state index contributed by atoms with van der Waals surface area (Å²) in [7, 11) is -4.99. The summed E-state index contributed by atoms with van der Waals surface area (Å²) in [5.74, 6) is -3.36. The van der Waals surface area contributed by atoms with E-state index < -0.39 is 115 Å². The number of hydrogen-bond acceptors (Lipinski definition) is 23. The first kappa shape index (κ1) is 95.3. The number of methoxy groups -OCH3 is 2. The van der Waals surface area contributed by atoms with Crippen molar-refractivity contribution >= 4 is 79.7 Å².